The summed E-state index contributed by atoms with van der Waals surface area (Å²) in [5.74, 6) is -0.206. The highest BCUT2D eigenvalue weighted by molar-refractivity contribution is 5.92. The highest BCUT2D eigenvalue weighted by Crippen LogP contribution is 2.08. The fourth-order valence-electron chi connectivity index (χ4n) is 1.59. The highest BCUT2D eigenvalue weighted by atomic mass is 16.2. The van der Waals surface area contributed by atoms with E-state index in [2.05, 4.69) is 21.3 Å². The number of urea groups is 1. The molecule has 3 amide bonds. The van der Waals surface area contributed by atoms with Crippen LogP contribution in [0.4, 0.5) is 10.5 Å². The molecule has 0 aliphatic heterocycles. The van der Waals surface area contributed by atoms with Gasteiger partial charge in [0.25, 0.3) is 0 Å². The quantitative estimate of drug-likeness (QED) is 0.558. The Morgan fingerprint density at radius 2 is 1.95 bits per heavy atom. The Bertz CT molecular complexity index is 449. The first-order valence-corrected chi connectivity index (χ1v) is 6.70. The summed E-state index contributed by atoms with van der Waals surface area (Å²) < 4.78 is 0. The predicted molar refractivity (Wildman–Crippen MR) is 79.8 cm³/mol. The van der Waals surface area contributed by atoms with Crippen molar-refractivity contribution in [1.29, 1.82) is 0 Å². The normalized spacial score (nSPS) is 9.90. The number of benzene rings is 1. The van der Waals surface area contributed by atoms with Crippen molar-refractivity contribution < 1.29 is 9.59 Å². The Morgan fingerprint density at radius 3 is 2.65 bits per heavy atom. The molecule has 0 saturated heterocycles. The standard InChI is InChI=1S/C14H22N4O2/c1-3-15-7-8-16-13(19)10-17-14(20)18-12-6-4-5-11(2)9-12/h4-6,9,15H,3,7-8,10H2,1-2H3,(H,16,19)(H2,17,18,20). The third-order valence-corrected chi connectivity index (χ3v) is 2.56. The minimum Gasteiger partial charge on any atom is -0.353 e. The molecule has 110 valence electrons. The van der Waals surface area contributed by atoms with E-state index < -0.39 is 6.03 Å². The summed E-state index contributed by atoms with van der Waals surface area (Å²) in [4.78, 5) is 23.0. The second kappa shape index (κ2) is 8.92. The number of amides is 3. The lowest BCUT2D eigenvalue weighted by atomic mass is 10.2. The van der Waals surface area contributed by atoms with E-state index in [1.54, 1.807) is 6.07 Å². The molecule has 20 heavy (non-hydrogen) atoms. The van der Waals surface area contributed by atoms with Crippen molar-refractivity contribution >= 4 is 17.6 Å². The monoisotopic (exact) mass is 278 g/mol. The van der Waals surface area contributed by atoms with Crippen LogP contribution in [0.15, 0.2) is 24.3 Å². The topological polar surface area (TPSA) is 82.3 Å². The molecule has 4 N–H and O–H groups in total. The van der Waals surface area contributed by atoms with Crippen LogP contribution in [0, 0.1) is 6.92 Å². The number of carbonyl (C=O) groups is 2. The summed E-state index contributed by atoms with van der Waals surface area (Å²) in [5.41, 5.74) is 1.76. The molecule has 0 radical (unpaired) electrons. The van der Waals surface area contributed by atoms with Crippen LogP contribution in [-0.4, -0.2) is 38.1 Å². The molecule has 0 aromatic heterocycles. The molecule has 0 bridgehead atoms. The van der Waals surface area contributed by atoms with Crippen molar-refractivity contribution in [3.8, 4) is 0 Å². The van der Waals surface area contributed by atoms with E-state index in [1.165, 1.54) is 0 Å². The number of hydrogen-bond acceptors (Lipinski definition) is 3. The molecule has 0 aliphatic carbocycles. The zero-order valence-corrected chi connectivity index (χ0v) is 12.0. The summed E-state index contributed by atoms with van der Waals surface area (Å²) in [7, 11) is 0. The molecular formula is C14H22N4O2. The fraction of sp³-hybridized carbons (Fsp3) is 0.429. The first-order chi connectivity index (χ1) is 9.61. The molecule has 1 rings (SSSR count). The van der Waals surface area contributed by atoms with Gasteiger partial charge in [-0.3, -0.25) is 4.79 Å². The minimum absolute atomic E-state index is 0.0379. The number of aryl methyl sites for hydroxylation is 1. The van der Waals surface area contributed by atoms with Gasteiger partial charge in [-0.1, -0.05) is 19.1 Å². The van der Waals surface area contributed by atoms with E-state index in [-0.39, 0.29) is 12.5 Å². The zero-order chi connectivity index (χ0) is 14.8. The largest absolute Gasteiger partial charge is 0.353 e. The second-order valence-electron chi connectivity index (χ2n) is 4.38. The average molecular weight is 278 g/mol. The van der Waals surface area contributed by atoms with E-state index in [4.69, 9.17) is 0 Å². The van der Waals surface area contributed by atoms with Crippen LogP contribution in [-0.2, 0) is 4.79 Å². The average Bonchev–Trinajstić information content (AvgIpc) is 2.41. The van der Waals surface area contributed by atoms with Gasteiger partial charge in [0.05, 0.1) is 6.54 Å². The van der Waals surface area contributed by atoms with E-state index in [0.29, 0.717) is 12.2 Å². The molecule has 1 aromatic rings. The van der Waals surface area contributed by atoms with Crippen LogP contribution in [0.5, 0.6) is 0 Å². The van der Waals surface area contributed by atoms with Gasteiger partial charge in [-0.05, 0) is 31.2 Å². The van der Waals surface area contributed by atoms with Crippen molar-refractivity contribution in [1.82, 2.24) is 16.0 Å². The number of carbonyl (C=O) groups excluding carboxylic acids is 2. The van der Waals surface area contributed by atoms with E-state index in [0.717, 1.165) is 18.7 Å². The predicted octanol–water partition coefficient (Wildman–Crippen LogP) is 0.842. The van der Waals surface area contributed by atoms with E-state index in [1.807, 2.05) is 32.0 Å². The number of nitrogens with one attached hydrogen (secondary N) is 4. The van der Waals surface area contributed by atoms with Gasteiger partial charge < -0.3 is 21.3 Å². The van der Waals surface area contributed by atoms with E-state index >= 15 is 0 Å². The Balaban J connectivity index is 2.21. The fourth-order valence-corrected chi connectivity index (χ4v) is 1.59. The lowest BCUT2D eigenvalue weighted by Gasteiger charge is -2.09. The van der Waals surface area contributed by atoms with Gasteiger partial charge in [0, 0.05) is 18.8 Å². The van der Waals surface area contributed by atoms with E-state index in [9.17, 15) is 9.59 Å². The van der Waals surface area contributed by atoms with Gasteiger partial charge in [-0.25, -0.2) is 4.79 Å². The van der Waals surface area contributed by atoms with Crippen molar-refractivity contribution in [2.45, 2.75) is 13.8 Å². The number of hydrogen-bond donors (Lipinski definition) is 4. The zero-order valence-electron chi connectivity index (χ0n) is 12.0. The number of rotatable bonds is 7. The smallest absolute Gasteiger partial charge is 0.319 e. The lowest BCUT2D eigenvalue weighted by Crippen LogP contribution is -2.40. The number of anilines is 1. The van der Waals surface area contributed by atoms with Gasteiger partial charge in [0.15, 0.2) is 0 Å². The lowest BCUT2D eigenvalue weighted by molar-refractivity contribution is -0.120. The van der Waals surface area contributed by atoms with Gasteiger partial charge in [0.2, 0.25) is 5.91 Å². The van der Waals surface area contributed by atoms with Crippen LogP contribution in [0.1, 0.15) is 12.5 Å². The SMILES string of the molecule is CCNCCNC(=O)CNC(=O)Nc1cccc(C)c1. The molecule has 0 unspecified atom stereocenters. The van der Waals surface area contributed by atoms with Gasteiger partial charge in [-0.2, -0.15) is 0 Å². The number of likely N-dealkylation sites (N-methyl/N-ethyl adjacent to an activating group) is 1. The van der Waals surface area contributed by atoms with Crippen molar-refractivity contribution in [2.24, 2.45) is 0 Å². The first kappa shape index (κ1) is 16.0. The first-order valence-electron chi connectivity index (χ1n) is 6.70. The van der Waals surface area contributed by atoms with Crippen molar-refractivity contribution in [3.63, 3.8) is 0 Å². The molecule has 6 heteroatoms. The summed E-state index contributed by atoms with van der Waals surface area (Å²) >= 11 is 0. The van der Waals surface area contributed by atoms with Gasteiger partial charge >= 0.3 is 6.03 Å². The van der Waals surface area contributed by atoms with Crippen molar-refractivity contribution in [2.75, 3.05) is 31.5 Å². The molecule has 0 spiro atoms. The van der Waals surface area contributed by atoms with Crippen LogP contribution in [0.2, 0.25) is 0 Å². The second-order valence-corrected chi connectivity index (χ2v) is 4.38. The summed E-state index contributed by atoms with van der Waals surface area (Å²) in [6.45, 7) is 6.04. The Morgan fingerprint density at radius 1 is 1.15 bits per heavy atom. The van der Waals surface area contributed by atoms with Crippen LogP contribution in [0.25, 0.3) is 0 Å². The molecule has 1 aromatic carbocycles. The molecule has 0 atom stereocenters. The maximum absolute atomic E-state index is 11.6. The molecule has 0 heterocycles. The van der Waals surface area contributed by atoms with Gasteiger partial charge in [0.1, 0.15) is 0 Å². The third-order valence-electron chi connectivity index (χ3n) is 2.56. The Kier molecular flexibility index (Phi) is 7.13. The third kappa shape index (κ3) is 6.75. The van der Waals surface area contributed by atoms with Gasteiger partial charge in [-0.15, -0.1) is 0 Å². The highest BCUT2D eigenvalue weighted by Gasteiger charge is 2.05. The van der Waals surface area contributed by atoms with Crippen LogP contribution < -0.4 is 21.3 Å². The molecule has 0 aliphatic rings. The maximum atomic E-state index is 11.6. The summed E-state index contributed by atoms with van der Waals surface area (Å²) in [6.07, 6.45) is 0. The Hall–Kier alpha value is -2.08. The minimum atomic E-state index is -0.391. The summed E-state index contributed by atoms with van der Waals surface area (Å²) in [5, 5.41) is 11.0. The van der Waals surface area contributed by atoms with Crippen LogP contribution in [0.3, 0.4) is 0 Å². The van der Waals surface area contributed by atoms with Crippen molar-refractivity contribution in [3.05, 3.63) is 29.8 Å². The molecular weight excluding hydrogens is 256 g/mol. The maximum Gasteiger partial charge on any atom is 0.319 e. The summed E-state index contributed by atoms with van der Waals surface area (Å²) in [6, 6.07) is 7.07. The Labute approximate surface area is 119 Å². The molecule has 0 saturated carbocycles. The molecule has 6 nitrogen and oxygen atoms in total. The molecule has 0 fully saturated rings. The van der Waals surface area contributed by atoms with Crippen LogP contribution >= 0.6 is 0 Å².